The van der Waals surface area contributed by atoms with Crippen LogP contribution in [0.15, 0.2) is 65.5 Å². The van der Waals surface area contributed by atoms with E-state index in [2.05, 4.69) is 10.4 Å². The molecule has 7 heteroatoms. The fraction of sp³-hybridized carbons (Fsp3) is 0.292. The summed E-state index contributed by atoms with van der Waals surface area (Å²) in [6.07, 6.45) is 2.11. The first-order chi connectivity index (χ1) is 15.2. The van der Waals surface area contributed by atoms with E-state index < -0.39 is 0 Å². The van der Waals surface area contributed by atoms with Gasteiger partial charge in [0, 0.05) is 11.6 Å². The molecule has 2 heterocycles. The van der Waals surface area contributed by atoms with Crippen LogP contribution in [0, 0.1) is 5.92 Å². The maximum atomic E-state index is 12.9. The molecule has 1 aliphatic heterocycles. The Bertz CT molecular complexity index is 1150. The average Bonchev–Trinajstić information content (AvgIpc) is 3.64. The summed E-state index contributed by atoms with van der Waals surface area (Å²) >= 11 is 0. The molecule has 1 aromatic heterocycles. The van der Waals surface area contributed by atoms with Crippen LogP contribution in [0.5, 0.6) is 11.5 Å². The van der Waals surface area contributed by atoms with Crippen molar-refractivity contribution in [3.05, 3.63) is 76.6 Å². The zero-order valence-electron chi connectivity index (χ0n) is 17.0. The lowest BCUT2D eigenvalue weighted by atomic mass is 10.0. The number of amides is 1. The van der Waals surface area contributed by atoms with Crippen LogP contribution in [0.2, 0.25) is 0 Å². The Morgan fingerprint density at radius 1 is 1.03 bits per heavy atom. The summed E-state index contributed by atoms with van der Waals surface area (Å²) in [6, 6.07) is 18.4. The highest BCUT2D eigenvalue weighted by Gasteiger charge is 2.34. The van der Waals surface area contributed by atoms with Gasteiger partial charge in [-0.05, 0) is 42.5 Å². The number of hydrogen-bond donors (Lipinski definition) is 1. The van der Waals surface area contributed by atoms with E-state index >= 15 is 0 Å². The van der Waals surface area contributed by atoms with Crippen LogP contribution >= 0.6 is 0 Å². The van der Waals surface area contributed by atoms with Gasteiger partial charge in [-0.3, -0.25) is 9.59 Å². The number of ether oxygens (including phenoxy) is 2. The summed E-state index contributed by atoms with van der Waals surface area (Å²) in [5.41, 5.74) is 2.22. The number of carbonyl (C=O) groups is 1. The van der Waals surface area contributed by atoms with Crippen molar-refractivity contribution in [3.8, 4) is 22.8 Å². The van der Waals surface area contributed by atoms with E-state index in [1.807, 2.05) is 48.5 Å². The van der Waals surface area contributed by atoms with Crippen LogP contribution in [0.1, 0.15) is 24.4 Å². The Hall–Kier alpha value is -3.61. The second-order valence-electron chi connectivity index (χ2n) is 7.87. The first-order valence-corrected chi connectivity index (χ1v) is 10.5. The smallest absolute Gasteiger partial charge is 0.267 e. The molecule has 5 rings (SSSR count). The Balaban J connectivity index is 1.34. The molecule has 1 amide bonds. The summed E-state index contributed by atoms with van der Waals surface area (Å²) in [7, 11) is 0. The summed E-state index contributed by atoms with van der Waals surface area (Å²) in [5, 5.41) is 7.49. The minimum atomic E-state index is -0.308. The fourth-order valence-corrected chi connectivity index (χ4v) is 3.84. The molecular formula is C24H23N3O4. The number of carbonyl (C=O) groups excluding carboxylic acids is 1. The molecule has 1 aliphatic carbocycles. The molecule has 2 aliphatic rings. The zero-order chi connectivity index (χ0) is 21.2. The van der Waals surface area contributed by atoms with Gasteiger partial charge in [-0.1, -0.05) is 36.4 Å². The molecule has 0 spiro atoms. The van der Waals surface area contributed by atoms with Crippen molar-refractivity contribution in [1.82, 2.24) is 15.1 Å². The molecule has 31 heavy (non-hydrogen) atoms. The molecule has 1 saturated carbocycles. The van der Waals surface area contributed by atoms with Crippen molar-refractivity contribution in [2.24, 2.45) is 5.92 Å². The summed E-state index contributed by atoms with van der Waals surface area (Å²) in [5.74, 6) is 1.57. The number of nitrogens with one attached hydrogen (secondary N) is 1. The molecule has 2 aromatic carbocycles. The number of fused-ring (bicyclic) bond motifs is 1. The van der Waals surface area contributed by atoms with Crippen molar-refractivity contribution in [1.29, 1.82) is 0 Å². The molecule has 0 saturated heterocycles. The van der Waals surface area contributed by atoms with Gasteiger partial charge in [-0.2, -0.15) is 5.10 Å². The first kappa shape index (κ1) is 19.4. The van der Waals surface area contributed by atoms with E-state index in [4.69, 9.17) is 9.47 Å². The highest BCUT2D eigenvalue weighted by Crippen LogP contribution is 2.43. The van der Waals surface area contributed by atoms with Crippen LogP contribution in [0.3, 0.4) is 0 Å². The second-order valence-corrected chi connectivity index (χ2v) is 7.87. The first-order valence-electron chi connectivity index (χ1n) is 10.5. The minimum Gasteiger partial charge on any atom is -0.486 e. The molecule has 1 fully saturated rings. The Labute approximate surface area is 179 Å². The van der Waals surface area contributed by atoms with Gasteiger partial charge >= 0.3 is 0 Å². The van der Waals surface area contributed by atoms with Gasteiger partial charge in [0.05, 0.1) is 11.7 Å². The van der Waals surface area contributed by atoms with Crippen molar-refractivity contribution in [2.75, 3.05) is 13.2 Å². The van der Waals surface area contributed by atoms with Gasteiger partial charge in [0.2, 0.25) is 5.91 Å². The van der Waals surface area contributed by atoms with Crippen LogP contribution < -0.4 is 20.3 Å². The maximum Gasteiger partial charge on any atom is 0.267 e. The Morgan fingerprint density at radius 2 is 1.81 bits per heavy atom. The third kappa shape index (κ3) is 4.30. The molecule has 0 bridgehead atoms. The molecule has 0 radical (unpaired) electrons. The molecule has 3 aromatic rings. The maximum absolute atomic E-state index is 12.9. The number of nitrogens with zero attached hydrogens (tertiary/aromatic N) is 2. The quantitative estimate of drug-likeness (QED) is 0.667. The molecule has 1 N–H and O–H groups in total. The standard InChI is InChI=1S/C24H23N3O4/c28-22(15-27-23(29)11-9-19(26-27)16-4-2-1-3-5-16)25-24(17-6-7-17)18-8-10-20-21(14-18)31-13-12-30-20/h1-5,8-11,14,17,24H,6-7,12-13,15H2,(H,25,28). The lowest BCUT2D eigenvalue weighted by Gasteiger charge is -2.23. The van der Waals surface area contributed by atoms with Crippen LogP contribution in [-0.4, -0.2) is 28.9 Å². The minimum absolute atomic E-state index is 0.128. The van der Waals surface area contributed by atoms with Crippen molar-refractivity contribution >= 4 is 5.91 Å². The molecule has 1 unspecified atom stereocenters. The third-order valence-electron chi connectivity index (χ3n) is 5.56. The van der Waals surface area contributed by atoms with Crippen molar-refractivity contribution in [2.45, 2.75) is 25.4 Å². The number of benzene rings is 2. The molecule has 158 valence electrons. The number of rotatable bonds is 6. The summed E-state index contributed by atoms with van der Waals surface area (Å²) < 4.78 is 12.5. The van der Waals surface area contributed by atoms with E-state index in [-0.39, 0.29) is 24.1 Å². The van der Waals surface area contributed by atoms with Crippen molar-refractivity contribution in [3.63, 3.8) is 0 Å². The monoisotopic (exact) mass is 417 g/mol. The van der Waals surface area contributed by atoms with Gasteiger partial charge < -0.3 is 14.8 Å². The van der Waals surface area contributed by atoms with Gasteiger partial charge in [0.25, 0.3) is 5.56 Å². The highest BCUT2D eigenvalue weighted by atomic mass is 16.6. The zero-order valence-corrected chi connectivity index (χ0v) is 17.0. The van der Waals surface area contributed by atoms with Gasteiger partial charge in [0.15, 0.2) is 11.5 Å². The Morgan fingerprint density at radius 3 is 2.58 bits per heavy atom. The SMILES string of the molecule is O=C(Cn1nc(-c2ccccc2)ccc1=O)NC(c1ccc2c(c1)OCCO2)C1CC1. The van der Waals surface area contributed by atoms with Crippen LogP contribution in [0.4, 0.5) is 0 Å². The predicted octanol–water partition coefficient (Wildman–Crippen LogP) is 2.95. The average molecular weight is 417 g/mol. The van der Waals surface area contributed by atoms with E-state index in [9.17, 15) is 9.59 Å². The lowest BCUT2D eigenvalue weighted by Crippen LogP contribution is -2.36. The van der Waals surface area contributed by atoms with Gasteiger partial charge in [0.1, 0.15) is 19.8 Å². The Kier molecular flexibility index (Phi) is 5.16. The van der Waals surface area contributed by atoms with Gasteiger partial charge in [-0.15, -0.1) is 0 Å². The second kappa shape index (κ2) is 8.26. The molecular weight excluding hydrogens is 394 g/mol. The van der Waals surface area contributed by atoms with Crippen LogP contribution in [0.25, 0.3) is 11.3 Å². The molecule has 1 atom stereocenters. The van der Waals surface area contributed by atoms with E-state index in [1.54, 1.807) is 6.07 Å². The van der Waals surface area contributed by atoms with E-state index in [1.165, 1.54) is 10.7 Å². The van der Waals surface area contributed by atoms with E-state index in [0.717, 1.165) is 29.7 Å². The van der Waals surface area contributed by atoms with Gasteiger partial charge in [-0.25, -0.2) is 4.68 Å². The van der Waals surface area contributed by atoms with Crippen LogP contribution in [-0.2, 0) is 11.3 Å². The number of aromatic nitrogens is 2. The molecule has 7 nitrogen and oxygen atoms in total. The topological polar surface area (TPSA) is 82.5 Å². The predicted molar refractivity (Wildman–Crippen MR) is 115 cm³/mol. The van der Waals surface area contributed by atoms with Crippen molar-refractivity contribution < 1.29 is 14.3 Å². The normalized spacial score (nSPS) is 15.9. The summed E-state index contributed by atoms with van der Waals surface area (Å²) in [4.78, 5) is 25.1. The summed E-state index contributed by atoms with van der Waals surface area (Å²) in [6.45, 7) is 0.926. The number of hydrogen-bond acceptors (Lipinski definition) is 5. The fourth-order valence-electron chi connectivity index (χ4n) is 3.84. The van der Waals surface area contributed by atoms with E-state index in [0.29, 0.717) is 30.6 Å². The third-order valence-corrected chi connectivity index (χ3v) is 5.56. The lowest BCUT2D eigenvalue weighted by molar-refractivity contribution is -0.122. The largest absolute Gasteiger partial charge is 0.486 e. The highest BCUT2D eigenvalue weighted by molar-refractivity contribution is 5.76.